The molecule has 0 radical (unpaired) electrons. The van der Waals surface area contributed by atoms with Crippen LogP contribution in [0.15, 0.2) is 6.07 Å². The van der Waals surface area contributed by atoms with Crippen molar-refractivity contribution < 1.29 is 22.0 Å². The molecule has 0 fully saturated rings. The van der Waals surface area contributed by atoms with Crippen LogP contribution in [0.1, 0.15) is 5.69 Å². The zero-order chi connectivity index (χ0) is 12.3. The molecule has 90 valence electrons. The second-order valence-electron chi connectivity index (χ2n) is 2.68. The maximum Gasteiger partial charge on any atom is 0.433 e. The topological polar surface area (TPSA) is 37.8 Å². The van der Waals surface area contributed by atoms with E-state index in [0.717, 1.165) is 0 Å². The van der Waals surface area contributed by atoms with E-state index in [1.807, 2.05) is 5.32 Å². The molecule has 1 N–H and O–H groups in total. The first-order valence-electron chi connectivity index (χ1n) is 3.93. The van der Waals surface area contributed by atoms with Crippen LogP contribution < -0.4 is 5.32 Å². The van der Waals surface area contributed by atoms with E-state index in [2.05, 4.69) is 9.97 Å². The molecule has 0 bridgehead atoms. The van der Waals surface area contributed by atoms with Gasteiger partial charge in [-0.3, -0.25) is 0 Å². The molecule has 0 aliphatic heterocycles. The van der Waals surface area contributed by atoms with E-state index in [1.54, 1.807) is 0 Å². The number of aromatic nitrogens is 2. The summed E-state index contributed by atoms with van der Waals surface area (Å²) in [6.07, 6.45) is -7.41. The lowest BCUT2D eigenvalue weighted by atomic mass is 10.4. The van der Waals surface area contributed by atoms with Crippen LogP contribution in [0.25, 0.3) is 0 Å². The van der Waals surface area contributed by atoms with Gasteiger partial charge in [0.15, 0.2) is 5.69 Å². The van der Waals surface area contributed by atoms with Crippen LogP contribution in [0.3, 0.4) is 0 Å². The van der Waals surface area contributed by atoms with Gasteiger partial charge in [0.25, 0.3) is 6.43 Å². The lowest BCUT2D eigenvalue weighted by molar-refractivity contribution is -0.141. The summed E-state index contributed by atoms with van der Waals surface area (Å²) in [4.78, 5) is 6.26. The average molecular weight is 262 g/mol. The van der Waals surface area contributed by atoms with Gasteiger partial charge in [-0.2, -0.15) is 13.2 Å². The molecule has 1 rings (SSSR count). The van der Waals surface area contributed by atoms with E-state index in [1.165, 1.54) is 0 Å². The van der Waals surface area contributed by atoms with Gasteiger partial charge in [0.05, 0.1) is 6.54 Å². The first kappa shape index (κ1) is 12.9. The Kier molecular flexibility index (Phi) is 3.84. The maximum atomic E-state index is 12.2. The number of nitrogens with zero attached hydrogens (tertiary/aromatic N) is 2. The minimum Gasteiger partial charge on any atom is -0.364 e. The summed E-state index contributed by atoms with van der Waals surface area (Å²) in [5.41, 5.74) is -1.29. The van der Waals surface area contributed by atoms with Crippen LogP contribution in [-0.4, -0.2) is 22.9 Å². The maximum absolute atomic E-state index is 12.2. The predicted molar refractivity (Wildman–Crippen MR) is 46.5 cm³/mol. The molecule has 0 aliphatic carbocycles. The van der Waals surface area contributed by atoms with E-state index in [9.17, 15) is 22.0 Å². The molecule has 1 heterocycles. The lowest BCUT2D eigenvalue weighted by Gasteiger charge is -2.09. The quantitative estimate of drug-likeness (QED) is 0.672. The standard InChI is InChI=1S/C7H5ClF5N3/c8-6-15-3(7(11,12)13)1-5(16-6)14-2-4(9)10/h1,4H,2H2,(H,14,15,16). The molecular formula is C7H5ClF5N3. The van der Waals surface area contributed by atoms with E-state index >= 15 is 0 Å². The first-order valence-corrected chi connectivity index (χ1v) is 4.30. The highest BCUT2D eigenvalue weighted by atomic mass is 35.5. The van der Waals surface area contributed by atoms with Crippen molar-refractivity contribution in [3.63, 3.8) is 0 Å². The normalized spacial score (nSPS) is 11.9. The zero-order valence-corrected chi connectivity index (χ0v) is 8.28. The van der Waals surface area contributed by atoms with Gasteiger partial charge in [-0.1, -0.05) is 0 Å². The SMILES string of the molecule is FC(F)CNc1cc(C(F)(F)F)nc(Cl)n1. The summed E-state index contributed by atoms with van der Waals surface area (Å²) in [5, 5.41) is 1.35. The summed E-state index contributed by atoms with van der Waals surface area (Å²) in [7, 11) is 0. The van der Waals surface area contributed by atoms with Crippen LogP contribution in [0.5, 0.6) is 0 Å². The van der Waals surface area contributed by atoms with Crippen molar-refractivity contribution in [1.29, 1.82) is 0 Å². The Morgan fingerprint density at radius 1 is 1.31 bits per heavy atom. The summed E-state index contributed by atoms with van der Waals surface area (Å²) in [6, 6.07) is 0.508. The minimum atomic E-state index is -4.70. The van der Waals surface area contributed by atoms with E-state index in [-0.39, 0.29) is 0 Å². The molecule has 9 heteroatoms. The average Bonchev–Trinajstić information content (AvgIpc) is 2.12. The molecule has 0 unspecified atom stereocenters. The smallest absolute Gasteiger partial charge is 0.364 e. The summed E-state index contributed by atoms with van der Waals surface area (Å²) < 4.78 is 60.3. The number of alkyl halides is 5. The Morgan fingerprint density at radius 2 is 1.94 bits per heavy atom. The number of hydrogen-bond acceptors (Lipinski definition) is 3. The third-order valence-corrected chi connectivity index (χ3v) is 1.60. The molecule has 16 heavy (non-hydrogen) atoms. The molecule has 1 aromatic heterocycles. The van der Waals surface area contributed by atoms with Crippen LogP contribution in [0.2, 0.25) is 5.28 Å². The van der Waals surface area contributed by atoms with Gasteiger partial charge in [0.1, 0.15) is 5.82 Å². The monoisotopic (exact) mass is 261 g/mol. The van der Waals surface area contributed by atoms with Crippen LogP contribution in [0, 0.1) is 0 Å². The second kappa shape index (κ2) is 4.77. The summed E-state index contributed by atoms with van der Waals surface area (Å²) >= 11 is 5.22. The number of halogens is 6. The fourth-order valence-electron chi connectivity index (χ4n) is 0.835. The molecule has 1 aromatic rings. The first-order chi connectivity index (χ1) is 7.29. The Labute approximate surface area is 91.6 Å². The Morgan fingerprint density at radius 3 is 2.44 bits per heavy atom. The number of hydrogen-bond donors (Lipinski definition) is 1. The van der Waals surface area contributed by atoms with Gasteiger partial charge >= 0.3 is 6.18 Å². The van der Waals surface area contributed by atoms with Gasteiger partial charge in [0.2, 0.25) is 5.28 Å². The van der Waals surface area contributed by atoms with Crippen molar-refractivity contribution in [2.75, 3.05) is 11.9 Å². The van der Waals surface area contributed by atoms with Gasteiger partial charge < -0.3 is 5.32 Å². The Balaban J connectivity index is 2.90. The zero-order valence-electron chi connectivity index (χ0n) is 7.52. The van der Waals surface area contributed by atoms with E-state index in [4.69, 9.17) is 11.6 Å². The minimum absolute atomic E-state index is 0.396. The van der Waals surface area contributed by atoms with E-state index < -0.39 is 35.9 Å². The third-order valence-electron chi connectivity index (χ3n) is 1.43. The van der Waals surface area contributed by atoms with Gasteiger partial charge in [-0.05, 0) is 11.6 Å². The molecule has 0 aromatic carbocycles. The highest BCUT2D eigenvalue weighted by molar-refractivity contribution is 6.28. The molecule has 0 saturated carbocycles. The second-order valence-corrected chi connectivity index (χ2v) is 3.02. The number of rotatable bonds is 3. The molecule has 0 spiro atoms. The van der Waals surface area contributed by atoms with Crippen LogP contribution in [-0.2, 0) is 6.18 Å². The van der Waals surface area contributed by atoms with Crippen molar-refractivity contribution in [1.82, 2.24) is 9.97 Å². The van der Waals surface area contributed by atoms with Crippen molar-refractivity contribution in [2.45, 2.75) is 12.6 Å². The van der Waals surface area contributed by atoms with Crippen molar-refractivity contribution >= 4 is 17.4 Å². The molecule has 0 aliphatic rings. The summed E-state index contributed by atoms with van der Waals surface area (Å²) in [5.74, 6) is -0.396. The molecule has 3 nitrogen and oxygen atoms in total. The van der Waals surface area contributed by atoms with Crippen molar-refractivity contribution in [3.05, 3.63) is 17.0 Å². The molecular weight excluding hydrogens is 257 g/mol. The fraction of sp³-hybridized carbons (Fsp3) is 0.429. The lowest BCUT2D eigenvalue weighted by Crippen LogP contribution is -2.14. The van der Waals surface area contributed by atoms with Crippen LogP contribution >= 0.6 is 11.6 Å². The van der Waals surface area contributed by atoms with Gasteiger partial charge in [0, 0.05) is 6.07 Å². The number of anilines is 1. The van der Waals surface area contributed by atoms with E-state index in [0.29, 0.717) is 6.07 Å². The highest BCUT2D eigenvalue weighted by Gasteiger charge is 2.33. The third kappa shape index (κ3) is 3.76. The van der Waals surface area contributed by atoms with Crippen molar-refractivity contribution in [2.24, 2.45) is 0 Å². The Hall–Kier alpha value is -1.18. The molecule has 0 atom stereocenters. The summed E-state index contributed by atoms with van der Waals surface area (Å²) in [6.45, 7) is -0.815. The highest BCUT2D eigenvalue weighted by Crippen LogP contribution is 2.29. The fourth-order valence-corrected chi connectivity index (χ4v) is 1.02. The Bertz CT molecular complexity index is 368. The van der Waals surface area contributed by atoms with Crippen molar-refractivity contribution in [3.8, 4) is 0 Å². The molecule has 0 saturated heterocycles. The largest absolute Gasteiger partial charge is 0.433 e. The van der Waals surface area contributed by atoms with Gasteiger partial charge in [-0.15, -0.1) is 0 Å². The predicted octanol–water partition coefficient (Wildman–Crippen LogP) is 2.83. The molecule has 0 amide bonds. The van der Waals surface area contributed by atoms with Crippen LogP contribution in [0.4, 0.5) is 27.8 Å². The number of nitrogens with one attached hydrogen (secondary N) is 1. The van der Waals surface area contributed by atoms with Gasteiger partial charge in [-0.25, -0.2) is 18.7 Å².